The molecular weight excluding hydrogens is 399 g/mol. The molecule has 0 bridgehead atoms. The molecule has 0 amide bonds. The molecule has 4 aromatic rings. The second-order valence-electron chi connectivity index (χ2n) is 4.78. The molecule has 4 rings (SSSR count). The van der Waals surface area contributed by atoms with Crippen molar-refractivity contribution >= 4 is 37.5 Å². The van der Waals surface area contributed by atoms with Gasteiger partial charge in [0.15, 0.2) is 0 Å². The lowest BCUT2D eigenvalue weighted by atomic mass is 10.2. The van der Waals surface area contributed by atoms with Crippen LogP contribution in [0, 0.1) is 5.82 Å². The number of ether oxygens (including phenoxy) is 1. The summed E-state index contributed by atoms with van der Waals surface area (Å²) in [7, 11) is 0. The Hall–Kier alpha value is -2.39. The summed E-state index contributed by atoms with van der Waals surface area (Å²) in [6.07, 6.45) is 1.58. The summed E-state index contributed by atoms with van der Waals surface area (Å²) < 4.78 is 26.2. The molecule has 0 saturated heterocycles. The Bertz CT molecular complexity index is 975. The van der Waals surface area contributed by atoms with Crippen molar-refractivity contribution in [3.63, 3.8) is 0 Å². The first kappa shape index (κ1) is 15.2. The van der Waals surface area contributed by atoms with Gasteiger partial charge in [-0.25, -0.2) is 9.37 Å². The van der Waals surface area contributed by atoms with E-state index in [-0.39, 0.29) is 5.89 Å². The Kier molecular flexibility index (Phi) is 3.95. The van der Waals surface area contributed by atoms with Gasteiger partial charge in [0.2, 0.25) is 12.5 Å². The fraction of sp³-hybridized carbons (Fsp3) is 0.0667. The van der Waals surface area contributed by atoms with E-state index in [1.54, 1.807) is 11.6 Å². The van der Waals surface area contributed by atoms with Gasteiger partial charge in [-0.1, -0.05) is 0 Å². The minimum atomic E-state index is -0.745. The average molecular weight is 407 g/mol. The molecule has 6 nitrogen and oxygen atoms in total. The summed E-state index contributed by atoms with van der Waals surface area (Å²) >= 11 is 4.98. The monoisotopic (exact) mass is 406 g/mol. The summed E-state index contributed by atoms with van der Waals surface area (Å²) in [5.41, 5.74) is 3.08. The van der Waals surface area contributed by atoms with E-state index in [4.69, 9.17) is 9.15 Å². The Morgan fingerprint density at radius 3 is 2.92 bits per heavy atom. The van der Waals surface area contributed by atoms with Gasteiger partial charge in [-0.2, -0.15) is 0 Å². The van der Waals surface area contributed by atoms with Crippen LogP contribution in [0.2, 0.25) is 0 Å². The van der Waals surface area contributed by atoms with Crippen LogP contribution < -0.4 is 4.74 Å². The molecule has 0 N–H and O–H groups in total. The van der Waals surface area contributed by atoms with Crippen molar-refractivity contribution in [2.24, 2.45) is 0 Å². The second kappa shape index (κ2) is 6.25. The van der Waals surface area contributed by atoms with E-state index in [2.05, 4.69) is 36.1 Å². The third-order valence-electron chi connectivity index (χ3n) is 3.24. The fourth-order valence-electron chi connectivity index (χ4n) is 2.18. The van der Waals surface area contributed by atoms with Gasteiger partial charge in [0.05, 0.1) is 27.6 Å². The van der Waals surface area contributed by atoms with Gasteiger partial charge in [-0.15, -0.1) is 21.5 Å². The number of halogens is 2. The van der Waals surface area contributed by atoms with Crippen molar-refractivity contribution in [3.8, 4) is 5.75 Å². The molecule has 120 valence electrons. The molecule has 1 unspecified atom stereocenters. The van der Waals surface area contributed by atoms with Crippen molar-refractivity contribution in [2.75, 3.05) is 0 Å². The molecule has 3 heterocycles. The van der Waals surface area contributed by atoms with E-state index in [0.717, 1.165) is 20.9 Å². The van der Waals surface area contributed by atoms with Gasteiger partial charge in [-0.3, -0.25) is 4.98 Å². The van der Waals surface area contributed by atoms with Crippen LogP contribution in [0.25, 0.3) is 10.2 Å². The lowest BCUT2D eigenvalue weighted by Crippen LogP contribution is -2.12. The number of pyridine rings is 1. The Labute approximate surface area is 147 Å². The third kappa shape index (κ3) is 2.87. The Morgan fingerprint density at radius 2 is 2.17 bits per heavy atom. The van der Waals surface area contributed by atoms with Crippen molar-refractivity contribution in [3.05, 3.63) is 64.2 Å². The molecule has 0 aliphatic heterocycles. The highest BCUT2D eigenvalue weighted by Gasteiger charge is 2.23. The molecule has 0 spiro atoms. The van der Waals surface area contributed by atoms with E-state index >= 15 is 0 Å². The number of benzene rings is 1. The SMILES string of the molecule is Fc1ccc(C(Oc2cc(Br)c3ncsc3c2)c2nnco2)nc1. The number of hydrogen-bond donors (Lipinski definition) is 0. The summed E-state index contributed by atoms with van der Waals surface area (Å²) in [6.45, 7) is 0. The molecule has 1 aromatic carbocycles. The molecule has 0 aliphatic carbocycles. The maximum Gasteiger partial charge on any atom is 0.263 e. The predicted molar refractivity (Wildman–Crippen MR) is 88.3 cm³/mol. The number of hydrogen-bond acceptors (Lipinski definition) is 7. The molecule has 1 atom stereocenters. The lowest BCUT2D eigenvalue weighted by molar-refractivity contribution is 0.203. The van der Waals surface area contributed by atoms with Crippen LogP contribution in [0.5, 0.6) is 5.75 Å². The summed E-state index contributed by atoms with van der Waals surface area (Å²) in [6, 6.07) is 6.49. The topological polar surface area (TPSA) is 73.9 Å². The first-order valence-corrected chi connectivity index (χ1v) is 8.45. The van der Waals surface area contributed by atoms with E-state index in [9.17, 15) is 4.39 Å². The Morgan fingerprint density at radius 1 is 1.25 bits per heavy atom. The van der Waals surface area contributed by atoms with Crippen LogP contribution in [0.15, 0.2) is 51.3 Å². The van der Waals surface area contributed by atoms with Crippen LogP contribution in [0.4, 0.5) is 4.39 Å². The zero-order chi connectivity index (χ0) is 16.5. The van der Waals surface area contributed by atoms with E-state index in [0.29, 0.717) is 11.4 Å². The maximum atomic E-state index is 13.1. The summed E-state index contributed by atoms with van der Waals surface area (Å²) in [5, 5.41) is 7.56. The minimum Gasteiger partial charge on any atom is -0.474 e. The van der Waals surface area contributed by atoms with Crippen LogP contribution in [-0.2, 0) is 0 Å². The zero-order valence-corrected chi connectivity index (χ0v) is 14.3. The van der Waals surface area contributed by atoms with Gasteiger partial charge in [0.25, 0.3) is 5.89 Å². The van der Waals surface area contributed by atoms with Crippen LogP contribution >= 0.6 is 27.3 Å². The first-order chi connectivity index (χ1) is 11.7. The molecule has 0 radical (unpaired) electrons. The predicted octanol–water partition coefficient (Wildman–Crippen LogP) is 4.14. The minimum absolute atomic E-state index is 0.231. The number of rotatable bonds is 4. The van der Waals surface area contributed by atoms with Gasteiger partial charge in [-0.05, 0) is 40.2 Å². The molecule has 0 saturated carbocycles. The fourth-order valence-corrected chi connectivity index (χ4v) is 3.58. The largest absolute Gasteiger partial charge is 0.474 e. The van der Waals surface area contributed by atoms with Crippen LogP contribution in [-0.4, -0.2) is 20.2 Å². The van der Waals surface area contributed by atoms with E-state index in [1.165, 1.54) is 29.9 Å². The van der Waals surface area contributed by atoms with E-state index in [1.807, 2.05) is 6.07 Å². The second-order valence-corrected chi connectivity index (χ2v) is 6.52. The van der Waals surface area contributed by atoms with Gasteiger partial charge >= 0.3 is 0 Å². The number of fused-ring (bicyclic) bond motifs is 1. The highest BCUT2D eigenvalue weighted by atomic mass is 79.9. The average Bonchev–Trinajstić information content (AvgIpc) is 3.25. The third-order valence-corrected chi connectivity index (χ3v) is 4.62. The molecule has 0 aliphatic rings. The van der Waals surface area contributed by atoms with Gasteiger partial charge in [0.1, 0.15) is 11.6 Å². The Balaban J connectivity index is 1.74. The molecular formula is C15H8BrFN4O2S. The highest BCUT2D eigenvalue weighted by molar-refractivity contribution is 9.10. The van der Waals surface area contributed by atoms with Crippen molar-refractivity contribution < 1.29 is 13.5 Å². The number of aromatic nitrogens is 4. The van der Waals surface area contributed by atoms with Crippen molar-refractivity contribution in [2.45, 2.75) is 6.10 Å². The number of nitrogens with zero attached hydrogens (tertiary/aromatic N) is 4. The van der Waals surface area contributed by atoms with Gasteiger partial charge < -0.3 is 9.15 Å². The zero-order valence-electron chi connectivity index (χ0n) is 11.9. The van der Waals surface area contributed by atoms with Gasteiger partial charge in [0, 0.05) is 4.47 Å². The quantitative estimate of drug-likeness (QED) is 0.506. The highest BCUT2D eigenvalue weighted by Crippen LogP contribution is 2.34. The molecule has 9 heteroatoms. The number of thiazole rings is 1. The smallest absolute Gasteiger partial charge is 0.263 e. The van der Waals surface area contributed by atoms with Crippen LogP contribution in [0.1, 0.15) is 17.7 Å². The molecule has 0 fully saturated rings. The normalized spacial score (nSPS) is 12.4. The van der Waals surface area contributed by atoms with E-state index < -0.39 is 11.9 Å². The first-order valence-electron chi connectivity index (χ1n) is 6.77. The van der Waals surface area contributed by atoms with Crippen LogP contribution in [0.3, 0.4) is 0 Å². The lowest BCUT2D eigenvalue weighted by Gasteiger charge is -2.15. The maximum absolute atomic E-state index is 13.1. The molecule has 3 aromatic heterocycles. The molecule has 24 heavy (non-hydrogen) atoms. The summed E-state index contributed by atoms with van der Waals surface area (Å²) in [5.74, 6) is 0.374. The standard InChI is InChI=1S/C15H8BrFN4O2S/c16-10-3-9(4-12-13(10)19-7-24-12)23-14(15-21-20-6-22-15)11-2-1-8(17)5-18-11/h1-7,14H. The summed E-state index contributed by atoms with van der Waals surface area (Å²) in [4.78, 5) is 8.33. The van der Waals surface area contributed by atoms with Crippen molar-refractivity contribution in [1.29, 1.82) is 0 Å². The van der Waals surface area contributed by atoms with Crippen molar-refractivity contribution in [1.82, 2.24) is 20.2 Å².